The Kier molecular flexibility index (Phi) is 5.76. The summed E-state index contributed by atoms with van der Waals surface area (Å²) < 4.78 is 11.4. The Morgan fingerprint density at radius 1 is 1.15 bits per heavy atom. The first-order valence-corrected chi connectivity index (χ1v) is 9.47. The number of thiophene rings is 1. The zero-order valence-corrected chi connectivity index (χ0v) is 16.3. The summed E-state index contributed by atoms with van der Waals surface area (Å²) in [6.45, 7) is 3.98. The van der Waals surface area contributed by atoms with Gasteiger partial charge in [-0.2, -0.15) is 0 Å². The number of amides is 1. The maximum atomic E-state index is 12.6. The molecule has 5 nitrogen and oxygen atoms in total. The molecule has 0 aliphatic heterocycles. The van der Waals surface area contributed by atoms with E-state index in [1.165, 1.54) is 11.3 Å². The van der Waals surface area contributed by atoms with Crippen LogP contribution < -0.4 is 10.1 Å². The Bertz CT molecular complexity index is 993. The van der Waals surface area contributed by atoms with Gasteiger partial charge in [0.05, 0.1) is 20.1 Å². The van der Waals surface area contributed by atoms with Crippen LogP contribution in [0.5, 0.6) is 5.75 Å². The highest BCUT2D eigenvalue weighted by Gasteiger charge is 2.21. The summed E-state index contributed by atoms with van der Waals surface area (Å²) in [6.07, 6.45) is 0.210. The third-order valence-electron chi connectivity index (χ3n) is 4.15. The number of aryl methyl sites for hydroxylation is 1. The molecule has 0 saturated carbocycles. The summed E-state index contributed by atoms with van der Waals surface area (Å²) in [6, 6.07) is 13.2. The van der Waals surface area contributed by atoms with E-state index in [4.69, 9.17) is 9.47 Å². The molecule has 1 amide bonds. The number of rotatable bonds is 6. The summed E-state index contributed by atoms with van der Waals surface area (Å²) in [5.41, 5.74) is 2.26. The van der Waals surface area contributed by atoms with E-state index >= 15 is 0 Å². The molecule has 2 aromatic carbocycles. The maximum Gasteiger partial charge on any atom is 0.341 e. The highest BCUT2D eigenvalue weighted by atomic mass is 32.1. The Balaban J connectivity index is 1.85. The van der Waals surface area contributed by atoms with Crippen molar-refractivity contribution in [3.05, 3.63) is 59.2 Å². The molecule has 0 aliphatic rings. The van der Waals surface area contributed by atoms with Crippen molar-refractivity contribution in [1.29, 1.82) is 0 Å². The van der Waals surface area contributed by atoms with Crippen LogP contribution in [0.1, 0.15) is 28.4 Å². The number of carbonyl (C=O) groups excluding carboxylic acids is 2. The van der Waals surface area contributed by atoms with Crippen LogP contribution in [0, 0.1) is 6.92 Å². The number of ether oxygens (including phenoxy) is 2. The lowest BCUT2D eigenvalue weighted by molar-refractivity contribution is -0.115. The standard InChI is InChI=1S/C21H21NO4S/c1-4-26-21(24)19-15-7-5-6-8-17(15)27-20(19)22-18(23)12-14-9-10-16(25-3)13(2)11-14/h5-11H,4,12H2,1-3H3,(H,22,23). The van der Waals surface area contributed by atoms with Crippen LogP contribution in [-0.2, 0) is 16.0 Å². The molecule has 1 heterocycles. The van der Waals surface area contributed by atoms with Gasteiger partial charge in [0.25, 0.3) is 0 Å². The molecule has 0 saturated heterocycles. The zero-order chi connectivity index (χ0) is 19.4. The van der Waals surface area contributed by atoms with Crippen molar-refractivity contribution in [3.8, 4) is 5.75 Å². The molecule has 27 heavy (non-hydrogen) atoms. The monoisotopic (exact) mass is 383 g/mol. The predicted molar refractivity (Wildman–Crippen MR) is 108 cm³/mol. The molecular weight excluding hydrogens is 362 g/mol. The van der Waals surface area contributed by atoms with Gasteiger partial charge >= 0.3 is 5.97 Å². The van der Waals surface area contributed by atoms with E-state index in [1.807, 2.05) is 49.4 Å². The molecule has 3 rings (SSSR count). The number of fused-ring (bicyclic) bond motifs is 1. The van der Waals surface area contributed by atoms with Crippen molar-refractivity contribution in [2.75, 3.05) is 19.0 Å². The normalized spacial score (nSPS) is 10.6. The average molecular weight is 383 g/mol. The summed E-state index contributed by atoms with van der Waals surface area (Å²) >= 11 is 1.37. The molecule has 140 valence electrons. The lowest BCUT2D eigenvalue weighted by Crippen LogP contribution is -2.16. The number of anilines is 1. The fraction of sp³-hybridized carbons (Fsp3) is 0.238. The number of esters is 1. The van der Waals surface area contributed by atoms with Gasteiger partial charge in [-0.05, 0) is 37.1 Å². The van der Waals surface area contributed by atoms with E-state index < -0.39 is 5.97 Å². The van der Waals surface area contributed by atoms with Gasteiger partial charge in [-0.3, -0.25) is 4.79 Å². The number of carbonyl (C=O) groups is 2. The Morgan fingerprint density at radius 3 is 2.63 bits per heavy atom. The van der Waals surface area contributed by atoms with E-state index in [2.05, 4.69) is 5.32 Å². The van der Waals surface area contributed by atoms with Gasteiger partial charge < -0.3 is 14.8 Å². The third kappa shape index (κ3) is 4.11. The largest absolute Gasteiger partial charge is 0.496 e. The van der Waals surface area contributed by atoms with Crippen molar-refractivity contribution < 1.29 is 19.1 Å². The molecular formula is C21H21NO4S. The van der Waals surface area contributed by atoms with Crippen LogP contribution in [0.15, 0.2) is 42.5 Å². The fourth-order valence-corrected chi connectivity index (χ4v) is 4.05. The molecule has 0 unspecified atom stereocenters. The quantitative estimate of drug-likeness (QED) is 0.633. The summed E-state index contributed by atoms with van der Waals surface area (Å²) in [4.78, 5) is 25.0. The van der Waals surface area contributed by atoms with Crippen molar-refractivity contribution in [2.24, 2.45) is 0 Å². The van der Waals surface area contributed by atoms with E-state index in [0.717, 1.165) is 27.0 Å². The van der Waals surface area contributed by atoms with E-state index in [1.54, 1.807) is 14.0 Å². The lowest BCUT2D eigenvalue weighted by atomic mass is 10.1. The summed E-state index contributed by atoms with van der Waals surface area (Å²) in [5.74, 6) is 0.176. The van der Waals surface area contributed by atoms with Crippen LogP contribution in [0.25, 0.3) is 10.1 Å². The van der Waals surface area contributed by atoms with Crippen molar-refractivity contribution in [2.45, 2.75) is 20.3 Å². The fourth-order valence-electron chi connectivity index (χ4n) is 2.95. The van der Waals surface area contributed by atoms with Crippen LogP contribution in [0.3, 0.4) is 0 Å². The molecule has 3 aromatic rings. The summed E-state index contributed by atoms with van der Waals surface area (Å²) in [5, 5.41) is 4.19. The average Bonchev–Trinajstić information content (AvgIpc) is 2.99. The molecule has 0 aliphatic carbocycles. The third-order valence-corrected chi connectivity index (χ3v) is 5.24. The van der Waals surface area contributed by atoms with Gasteiger partial charge in [0, 0.05) is 10.1 Å². The van der Waals surface area contributed by atoms with Gasteiger partial charge in [-0.15, -0.1) is 11.3 Å². The smallest absolute Gasteiger partial charge is 0.341 e. The molecule has 1 aromatic heterocycles. The van der Waals surface area contributed by atoms with Gasteiger partial charge in [0.1, 0.15) is 16.3 Å². The number of hydrogen-bond acceptors (Lipinski definition) is 5. The van der Waals surface area contributed by atoms with Gasteiger partial charge in [-0.25, -0.2) is 4.79 Å². The van der Waals surface area contributed by atoms with Crippen LogP contribution in [0.4, 0.5) is 5.00 Å². The van der Waals surface area contributed by atoms with E-state index in [-0.39, 0.29) is 18.9 Å². The number of methoxy groups -OCH3 is 1. The van der Waals surface area contributed by atoms with Crippen molar-refractivity contribution in [3.63, 3.8) is 0 Å². The highest BCUT2D eigenvalue weighted by molar-refractivity contribution is 7.23. The number of benzene rings is 2. The van der Waals surface area contributed by atoms with Crippen LogP contribution in [0.2, 0.25) is 0 Å². The van der Waals surface area contributed by atoms with E-state index in [0.29, 0.717) is 10.6 Å². The molecule has 0 atom stereocenters. The first kappa shape index (κ1) is 18.9. The number of nitrogens with one attached hydrogen (secondary N) is 1. The molecule has 0 fully saturated rings. The molecule has 0 spiro atoms. The van der Waals surface area contributed by atoms with Gasteiger partial charge in [0.2, 0.25) is 5.91 Å². The maximum absolute atomic E-state index is 12.6. The molecule has 1 N–H and O–H groups in total. The Labute approximate surface area is 161 Å². The SMILES string of the molecule is CCOC(=O)c1c(NC(=O)Cc2ccc(OC)c(C)c2)sc2ccccc12. The second-order valence-corrected chi connectivity index (χ2v) is 7.10. The minimum absolute atomic E-state index is 0.184. The first-order chi connectivity index (χ1) is 13.0. The minimum atomic E-state index is -0.425. The van der Waals surface area contributed by atoms with Crippen LogP contribution in [-0.4, -0.2) is 25.6 Å². The van der Waals surface area contributed by atoms with Crippen LogP contribution >= 0.6 is 11.3 Å². The van der Waals surface area contributed by atoms with Crippen molar-refractivity contribution in [1.82, 2.24) is 0 Å². The Hall–Kier alpha value is -2.86. The second-order valence-electron chi connectivity index (χ2n) is 6.05. The number of hydrogen-bond donors (Lipinski definition) is 1. The second kappa shape index (κ2) is 8.22. The molecule has 6 heteroatoms. The molecule has 0 radical (unpaired) electrons. The highest BCUT2D eigenvalue weighted by Crippen LogP contribution is 2.36. The predicted octanol–water partition coefficient (Wildman–Crippen LogP) is 4.58. The minimum Gasteiger partial charge on any atom is -0.496 e. The first-order valence-electron chi connectivity index (χ1n) is 8.65. The van der Waals surface area contributed by atoms with Crippen molar-refractivity contribution >= 4 is 38.3 Å². The Morgan fingerprint density at radius 2 is 1.93 bits per heavy atom. The summed E-state index contributed by atoms with van der Waals surface area (Å²) in [7, 11) is 1.62. The molecule has 0 bridgehead atoms. The topological polar surface area (TPSA) is 64.6 Å². The van der Waals surface area contributed by atoms with E-state index in [9.17, 15) is 9.59 Å². The lowest BCUT2D eigenvalue weighted by Gasteiger charge is -2.09. The van der Waals surface area contributed by atoms with Gasteiger partial charge in [-0.1, -0.05) is 30.3 Å². The zero-order valence-electron chi connectivity index (χ0n) is 15.5. The van der Waals surface area contributed by atoms with Gasteiger partial charge in [0.15, 0.2) is 0 Å².